The third kappa shape index (κ3) is 4.55. The Morgan fingerprint density at radius 2 is 2.00 bits per heavy atom. The second-order valence-electron chi connectivity index (χ2n) is 7.19. The van der Waals surface area contributed by atoms with E-state index >= 15 is 0 Å². The van der Waals surface area contributed by atoms with Crippen LogP contribution in [0.15, 0.2) is 36.7 Å². The predicted molar refractivity (Wildman–Crippen MR) is 104 cm³/mol. The molecule has 138 valence electrons. The van der Waals surface area contributed by atoms with Crippen LogP contribution in [0.3, 0.4) is 0 Å². The summed E-state index contributed by atoms with van der Waals surface area (Å²) >= 11 is 6.25. The smallest absolute Gasteiger partial charge is 0.261 e. The number of hydrogen-bond donors (Lipinski definition) is 0. The fraction of sp³-hybridized carbons (Fsp3) is 0.429. The molecule has 1 heterocycles. The molecule has 1 saturated carbocycles. The number of carbonyl (C=O) groups is 1. The predicted octanol–water partition coefficient (Wildman–Crippen LogP) is 4.74. The number of amides is 1. The standard InChI is InChI=1S/C21H25ClN2O2/c1-14(2)18-11-19(22)15(3)10-20(18)26-13-21(25)24(17-4-5-17)12-16-6-8-23-9-7-16/h6-11,14,17H,4-5,12-13H2,1-3H3. The molecule has 0 atom stereocenters. The largest absolute Gasteiger partial charge is 0.483 e. The van der Waals surface area contributed by atoms with Crippen LogP contribution in [0, 0.1) is 6.92 Å². The number of pyridine rings is 1. The van der Waals surface area contributed by atoms with E-state index in [1.165, 1.54) is 0 Å². The van der Waals surface area contributed by atoms with Crippen LogP contribution < -0.4 is 4.74 Å². The Morgan fingerprint density at radius 3 is 2.62 bits per heavy atom. The summed E-state index contributed by atoms with van der Waals surface area (Å²) < 4.78 is 5.93. The third-order valence-corrected chi connectivity index (χ3v) is 5.08. The van der Waals surface area contributed by atoms with Gasteiger partial charge in [-0.3, -0.25) is 9.78 Å². The van der Waals surface area contributed by atoms with E-state index in [0.29, 0.717) is 12.6 Å². The van der Waals surface area contributed by atoms with Gasteiger partial charge < -0.3 is 9.64 Å². The molecule has 26 heavy (non-hydrogen) atoms. The van der Waals surface area contributed by atoms with Crippen LogP contribution >= 0.6 is 11.6 Å². The Labute approximate surface area is 160 Å². The minimum atomic E-state index is 0.0200. The van der Waals surface area contributed by atoms with Gasteiger partial charge in [-0.25, -0.2) is 0 Å². The number of nitrogens with zero attached hydrogens (tertiary/aromatic N) is 2. The molecule has 3 rings (SSSR count). The van der Waals surface area contributed by atoms with Gasteiger partial charge in [0.25, 0.3) is 5.91 Å². The number of ether oxygens (including phenoxy) is 1. The van der Waals surface area contributed by atoms with Crippen LogP contribution in [-0.4, -0.2) is 28.4 Å². The number of benzene rings is 1. The fourth-order valence-corrected chi connectivity index (χ4v) is 3.13. The highest BCUT2D eigenvalue weighted by molar-refractivity contribution is 6.31. The summed E-state index contributed by atoms with van der Waals surface area (Å²) in [6.45, 7) is 6.78. The number of carbonyl (C=O) groups excluding carboxylic acids is 1. The summed E-state index contributed by atoms with van der Waals surface area (Å²) in [6, 6.07) is 8.09. The molecule has 1 aliphatic carbocycles. The third-order valence-electron chi connectivity index (χ3n) is 4.67. The van der Waals surface area contributed by atoms with E-state index < -0.39 is 0 Å². The van der Waals surface area contributed by atoms with Gasteiger partial charge in [0.2, 0.25) is 0 Å². The molecule has 0 saturated heterocycles. The van der Waals surface area contributed by atoms with Crippen LogP contribution in [0.25, 0.3) is 0 Å². The summed E-state index contributed by atoms with van der Waals surface area (Å²) in [4.78, 5) is 18.8. The molecule has 2 aromatic rings. The van der Waals surface area contributed by atoms with Gasteiger partial charge >= 0.3 is 0 Å². The molecular weight excluding hydrogens is 348 g/mol. The number of aromatic nitrogens is 1. The lowest BCUT2D eigenvalue weighted by Gasteiger charge is -2.23. The van der Waals surface area contributed by atoms with E-state index in [1.54, 1.807) is 12.4 Å². The van der Waals surface area contributed by atoms with Crippen molar-refractivity contribution >= 4 is 17.5 Å². The molecule has 0 bridgehead atoms. The van der Waals surface area contributed by atoms with Gasteiger partial charge in [-0.15, -0.1) is 0 Å². The molecule has 5 heteroatoms. The van der Waals surface area contributed by atoms with Gasteiger partial charge in [0.15, 0.2) is 6.61 Å². The highest BCUT2D eigenvalue weighted by Crippen LogP contribution is 2.33. The lowest BCUT2D eigenvalue weighted by molar-refractivity contribution is -0.134. The lowest BCUT2D eigenvalue weighted by Crippen LogP contribution is -2.36. The fourth-order valence-electron chi connectivity index (χ4n) is 2.96. The Balaban J connectivity index is 1.70. The maximum Gasteiger partial charge on any atom is 0.261 e. The first kappa shape index (κ1) is 18.7. The Hall–Kier alpha value is -2.07. The zero-order valence-corrected chi connectivity index (χ0v) is 16.3. The van der Waals surface area contributed by atoms with Crippen molar-refractivity contribution in [2.45, 2.75) is 52.1 Å². The zero-order chi connectivity index (χ0) is 18.7. The maximum atomic E-state index is 12.8. The molecule has 1 aromatic carbocycles. The minimum absolute atomic E-state index is 0.0200. The molecule has 0 N–H and O–H groups in total. The van der Waals surface area contributed by atoms with Gasteiger partial charge in [-0.05, 0) is 66.6 Å². The SMILES string of the molecule is Cc1cc(OCC(=O)N(Cc2ccncc2)C2CC2)c(C(C)C)cc1Cl. The van der Waals surface area contributed by atoms with Crippen molar-refractivity contribution in [3.05, 3.63) is 58.4 Å². The van der Waals surface area contributed by atoms with E-state index in [-0.39, 0.29) is 18.4 Å². The summed E-state index contributed by atoms with van der Waals surface area (Å²) in [6.07, 6.45) is 5.64. The zero-order valence-electron chi connectivity index (χ0n) is 15.5. The van der Waals surface area contributed by atoms with Crippen molar-refractivity contribution in [1.29, 1.82) is 0 Å². The van der Waals surface area contributed by atoms with Crippen LogP contribution in [0.1, 0.15) is 49.3 Å². The first-order chi connectivity index (χ1) is 12.5. The Bertz CT molecular complexity index is 773. The van der Waals surface area contributed by atoms with Crippen LogP contribution in [0.5, 0.6) is 5.75 Å². The topological polar surface area (TPSA) is 42.4 Å². The summed E-state index contributed by atoms with van der Waals surface area (Å²) in [5, 5.41) is 0.727. The molecule has 1 fully saturated rings. The highest BCUT2D eigenvalue weighted by atomic mass is 35.5. The van der Waals surface area contributed by atoms with Gasteiger partial charge in [-0.1, -0.05) is 25.4 Å². The molecule has 1 aliphatic rings. The van der Waals surface area contributed by atoms with E-state index in [4.69, 9.17) is 16.3 Å². The summed E-state index contributed by atoms with van der Waals surface area (Å²) in [7, 11) is 0. The summed E-state index contributed by atoms with van der Waals surface area (Å²) in [5.41, 5.74) is 3.07. The Kier molecular flexibility index (Phi) is 5.82. The highest BCUT2D eigenvalue weighted by Gasteiger charge is 2.32. The normalized spacial score (nSPS) is 13.7. The monoisotopic (exact) mass is 372 g/mol. The molecule has 0 unspecified atom stereocenters. The maximum absolute atomic E-state index is 12.8. The van der Waals surface area contributed by atoms with Crippen molar-refractivity contribution in [3.8, 4) is 5.75 Å². The van der Waals surface area contributed by atoms with E-state index in [1.807, 2.05) is 36.1 Å². The first-order valence-corrected chi connectivity index (χ1v) is 9.44. The van der Waals surface area contributed by atoms with Gasteiger partial charge in [0.05, 0.1) is 0 Å². The van der Waals surface area contributed by atoms with Crippen molar-refractivity contribution in [1.82, 2.24) is 9.88 Å². The molecule has 0 radical (unpaired) electrons. The van der Waals surface area contributed by atoms with Gasteiger partial charge in [0, 0.05) is 30.0 Å². The van der Waals surface area contributed by atoms with Gasteiger partial charge in [-0.2, -0.15) is 0 Å². The first-order valence-electron chi connectivity index (χ1n) is 9.07. The second kappa shape index (κ2) is 8.09. The number of halogens is 1. The number of hydrogen-bond acceptors (Lipinski definition) is 3. The second-order valence-corrected chi connectivity index (χ2v) is 7.60. The molecule has 1 aromatic heterocycles. The van der Waals surface area contributed by atoms with E-state index in [2.05, 4.69) is 18.8 Å². The molecule has 0 spiro atoms. The van der Waals surface area contributed by atoms with E-state index in [0.717, 1.165) is 40.3 Å². The molecule has 1 amide bonds. The number of rotatable bonds is 7. The van der Waals surface area contributed by atoms with Crippen LogP contribution in [0.2, 0.25) is 5.02 Å². The Morgan fingerprint density at radius 1 is 1.31 bits per heavy atom. The van der Waals surface area contributed by atoms with Crippen LogP contribution in [0.4, 0.5) is 0 Å². The average Bonchev–Trinajstić information content (AvgIpc) is 3.45. The van der Waals surface area contributed by atoms with E-state index in [9.17, 15) is 4.79 Å². The van der Waals surface area contributed by atoms with Crippen molar-refractivity contribution < 1.29 is 9.53 Å². The lowest BCUT2D eigenvalue weighted by atomic mass is 10.0. The summed E-state index contributed by atoms with van der Waals surface area (Å²) in [5.74, 6) is 1.04. The van der Waals surface area contributed by atoms with Crippen molar-refractivity contribution in [3.63, 3.8) is 0 Å². The van der Waals surface area contributed by atoms with Crippen molar-refractivity contribution in [2.24, 2.45) is 0 Å². The molecular formula is C21H25ClN2O2. The molecule has 0 aliphatic heterocycles. The molecule has 4 nitrogen and oxygen atoms in total. The average molecular weight is 373 g/mol. The van der Waals surface area contributed by atoms with Crippen LogP contribution in [-0.2, 0) is 11.3 Å². The van der Waals surface area contributed by atoms with Crippen molar-refractivity contribution in [2.75, 3.05) is 6.61 Å². The number of aryl methyl sites for hydroxylation is 1. The minimum Gasteiger partial charge on any atom is -0.483 e. The quantitative estimate of drug-likeness (QED) is 0.705. The van der Waals surface area contributed by atoms with Gasteiger partial charge in [0.1, 0.15) is 5.75 Å².